The summed E-state index contributed by atoms with van der Waals surface area (Å²) in [5.74, 6) is 0. The van der Waals surface area contributed by atoms with Gasteiger partial charge < -0.3 is 9.67 Å². The van der Waals surface area contributed by atoms with Gasteiger partial charge in [-0.3, -0.25) is 4.79 Å². The molecule has 1 aromatic rings. The molecule has 1 saturated carbocycles. The fourth-order valence-corrected chi connectivity index (χ4v) is 2.90. The molecule has 100 valence electrons. The van der Waals surface area contributed by atoms with Crippen LogP contribution in [0, 0.1) is 6.92 Å². The zero-order valence-corrected chi connectivity index (χ0v) is 11.6. The smallest absolute Gasteiger partial charge is 0.257 e. The summed E-state index contributed by atoms with van der Waals surface area (Å²) in [6, 6.07) is 4.02. The van der Waals surface area contributed by atoms with Crippen molar-refractivity contribution in [3.05, 3.63) is 33.7 Å². The molecule has 0 aliphatic heterocycles. The SMILES string of the molecule is Cc1ccc(C(C)(C)O)c(=O)n1C1CCCCC1. The Labute approximate surface area is 108 Å². The Balaban J connectivity index is 2.49. The van der Waals surface area contributed by atoms with E-state index < -0.39 is 5.60 Å². The number of aryl methyl sites for hydroxylation is 1. The standard InChI is InChI=1S/C15H23NO2/c1-11-9-10-13(15(2,3)18)14(17)16(11)12-7-5-4-6-8-12/h9-10,12,18H,4-8H2,1-3H3. The Hall–Kier alpha value is -1.09. The lowest BCUT2D eigenvalue weighted by molar-refractivity contribution is 0.0760. The molecule has 0 bridgehead atoms. The van der Waals surface area contributed by atoms with Crippen molar-refractivity contribution in [1.29, 1.82) is 0 Å². The molecule has 0 radical (unpaired) electrons. The first kappa shape index (κ1) is 13.3. The van der Waals surface area contributed by atoms with Crippen molar-refractivity contribution >= 4 is 0 Å². The molecule has 1 aromatic heterocycles. The molecular formula is C15H23NO2. The Morgan fingerprint density at radius 1 is 1.22 bits per heavy atom. The Morgan fingerprint density at radius 3 is 2.39 bits per heavy atom. The fraction of sp³-hybridized carbons (Fsp3) is 0.667. The minimum absolute atomic E-state index is 0.0191. The van der Waals surface area contributed by atoms with Gasteiger partial charge in [-0.05, 0) is 45.7 Å². The molecule has 0 aromatic carbocycles. The number of pyridine rings is 1. The highest BCUT2D eigenvalue weighted by atomic mass is 16.3. The molecule has 3 nitrogen and oxygen atoms in total. The van der Waals surface area contributed by atoms with Gasteiger partial charge in [0.2, 0.25) is 0 Å². The van der Waals surface area contributed by atoms with Gasteiger partial charge in [-0.1, -0.05) is 19.3 Å². The van der Waals surface area contributed by atoms with Crippen LogP contribution in [0.4, 0.5) is 0 Å². The normalized spacial score (nSPS) is 18.0. The monoisotopic (exact) mass is 249 g/mol. The van der Waals surface area contributed by atoms with Crippen LogP contribution in [0.1, 0.15) is 63.3 Å². The summed E-state index contributed by atoms with van der Waals surface area (Å²) in [7, 11) is 0. The predicted octanol–water partition coefficient (Wildman–Crippen LogP) is 2.89. The van der Waals surface area contributed by atoms with E-state index in [0.717, 1.165) is 18.5 Å². The third-order valence-electron chi connectivity index (χ3n) is 3.92. The van der Waals surface area contributed by atoms with E-state index in [1.807, 2.05) is 17.6 Å². The number of aromatic nitrogens is 1. The highest BCUT2D eigenvalue weighted by Gasteiger charge is 2.24. The maximum atomic E-state index is 12.5. The van der Waals surface area contributed by atoms with E-state index >= 15 is 0 Å². The first-order chi connectivity index (χ1) is 8.41. The van der Waals surface area contributed by atoms with Crippen molar-refractivity contribution < 1.29 is 5.11 Å². The Bertz CT molecular complexity index is 476. The summed E-state index contributed by atoms with van der Waals surface area (Å²) < 4.78 is 1.90. The van der Waals surface area contributed by atoms with Gasteiger partial charge in [0, 0.05) is 17.3 Å². The van der Waals surface area contributed by atoms with Crippen molar-refractivity contribution in [3.63, 3.8) is 0 Å². The van der Waals surface area contributed by atoms with Crippen LogP contribution in [0.2, 0.25) is 0 Å². The van der Waals surface area contributed by atoms with Gasteiger partial charge in [-0.15, -0.1) is 0 Å². The number of rotatable bonds is 2. The zero-order valence-electron chi connectivity index (χ0n) is 11.6. The Morgan fingerprint density at radius 2 is 1.83 bits per heavy atom. The molecule has 0 spiro atoms. The van der Waals surface area contributed by atoms with Crippen LogP contribution in [0.3, 0.4) is 0 Å². The quantitative estimate of drug-likeness (QED) is 0.875. The topological polar surface area (TPSA) is 42.2 Å². The summed E-state index contributed by atoms with van der Waals surface area (Å²) in [6.07, 6.45) is 5.83. The average Bonchev–Trinajstić information content (AvgIpc) is 2.28. The fourth-order valence-electron chi connectivity index (χ4n) is 2.90. The van der Waals surface area contributed by atoms with Crippen molar-refractivity contribution in [2.24, 2.45) is 0 Å². The average molecular weight is 249 g/mol. The number of hydrogen-bond acceptors (Lipinski definition) is 2. The van der Waals surface area contributed by atoms with Gasteiger partial charge in [0.05, 0.1) is 5.60 Å². The van der Waals surface area contributed by atoms with Crippen LogP contribution in [-0.2, 0) is 5.60 Å². The van der Waals surface area contributed by atoms with Crippen LogP contribution >= 0.6 is 0 Å². The lowest BCUT2D eigenvalue weighted by atomic mass is 9.93. The van der Waals surface area contributed by atoms with Gasteiger partial charge in [0.25, 0.3) is 5.56 Å². The maximum absolute atomic E-state index is 12.5. The Kier molecular flexibility index (Phi) is 3.62. The molecule has 0 amide bonds. The molecule has 2 rings (SSSR count). The van der Waals surface area contributed by atoms with Crippen LogP contribution in [0.15, 0.2) is 16.9 Å². The second-order valence-corrected chi connectivity index (χ2v) is 5.91. The number of nitrogens with zero attached hydrogens (tertiary/aromatic N) is 1. The summed E-state index contributed by atoms with van der Waals surface area (Å²) in [4.78, 5) is 12.5. The summed E-state index contributed by atoms with van der Waals surface area (Å²) in [6.45, 7) is 5.32. The van der Waals surface area contributed by atoms with Gasteiger partial charge in [-0.25, -0.2) is 0 Å². The zero-order chi connectivity index (χ0) is 13.3. The first-order valence-electron chi connectivity index (χ1n) is 6.86. The molecule has 1 aliphatic carbocycles. The molecule has 0 atom stereocenters. The number of aliphatic hydroxyl groups is 1. The molecule has 0 unspecified atom stereocenters. The minimum atomic E-state index is -1.07. The second kappa shape index (κ2) is 4.88. The summed E-state index contributed by atoms with van der Waals surface area (Å²) >= 11 is 0. The maximum Gasteiger partial charge on any atom is 0.257 e. The highest BCUT2D eigenvalue weighted by molar-refractivity contribution is 5.21. The molecule has 3 heteroatoms. The van der Waals surface area contributed by atoms with Gasteiger partial charge in [-0.2, -0.15) is 0 Å². The molecule has 1 fully saturated rings. The van der Waals surface area contributed by atoms with E-state index in [0.29, 0.717) is 11.6 Å². The molecular weight excluding hydrogens is 226 g/mol. The van der Waals surface area contributed by atoms with Crippen molar-refractivity contribution in [2.45, 2.75) is 64.5 Å². The third kappa shape index (κ3) is 2.51. The van der Waals surface area contributed by atoms with E-state index in [-0.39, 0.29) is 5.56 Å². The lowest BCUT2D eigenvalue weighted by Gasteiger charge is -2.28. The van der Waals surface area contributed by atoms with Gasteiger partial charge in [0.1, 0.15) is 0 Å². The lowest BCUT2D eigenvalue weighted by Crippen LogP contribution is -2.35. The number of hydrogen-bond donors (Lipinski definition) is 1. The van der Waals surface area contributed by atoms with Gasteiger partial charge in [0.15, 0.2) is 0 Å². The van der Waals surface area contributed by atoms with Gasteiger partial charge >= 0.3 is 0 Å². The van der Waals surface area contributed by atoms with Crippen LogP contribution in [-0.4, -0.2) is 9.67 Å². The van der Waals surface area contributed by atoms with Crippen molar-refractivity contribution in [3.8, 4) is 0 Å². The molecule has 18 heavy (non-hydrogen) atoms. The first-order valence-corrected chi connectivity index (χ1v) is 6.86. The van der Waals surface area contributed by atoms with Crippen LogP contribution in [0.25, 0.3) is 0 Å². The molecule has 1 N–H and O–H groups in total. The van der Waals surface area contributed by atoms with E-state index in [1.165, 1.54) is 19.3 Å². The molecule has 1 aliphatic rings. The highest BCUT2D eigenvalue weighted by Crippen LogP contribution is 2.28. The van der Waals surface area contributed by atoms with E-state index in [9.17, 15) is 9.90 Å². The largest absolute Gasteiger partial charge is 0.386 e. The minimum Gasteiger partial charge on any atom is -0.386 e. The van der Waals surface area contributed by atoms with Crippen LogP contribution < -0.4 is 5.56 Å². The summed E-state index contributed by atoms with van der Waals surface area (Å²) in [5.41, 5.74) is 0.411. The van der Waals surface area contributed by atoms with E-state index in [2.05, 4.69) is 0 Å². The summed E-state index contributed by atoms with van der Waals surface area (Å²) in [5, 5.41) is 10.1. The molecule has 0 saturated heterocycles. The van der Waals surface area contributed by atoms with Crippen molar-refractivity contribution in [2.75, 3.05) is 0 Å². The van der Waals surface area contributed by atoms with Crippen molar-refractivity contribution in [1.82, 2.24) is 4.57 Å². The van der Waals surface area contributed by atoms with Crippen LogP contribution in [0.5, 0.6) is 0 Å². The van der Waals surface area contributed by atoms with E-state index in [1.54, 1.807) is 19.9 Å². The third-order valence-corrected chi connectivity index (χ3v) is 3.92. The second-order valence-electron chi connectivity index (χ2n) is 5.91. The predicted molar refractivity (Wildman–Crippen MR) is 72.8 cm³/mol. The molecule has 1 heterocycles. The van der Waals surface area contributed by atoms with E-state index in [4.69, 9.17) is 0 Å².